The molecule has 1 spiro atoms. The van der Waals surface area contributed by atoms with Gasteiger partial charge in [0, 0.05) is 5.56 Å². The summed E-state index contributed by atoms with van der Waals surface area (Å²) in [4.78, 5) is 12.3. The van der Waals surface area contributed by atoms with E-state index in [4.69, 9.17) is 9.47 Å². The highest BCUT2D eigenvalue weighted by Gasteiger charge is 2.41. The van der Waals surface area contributed by atoms with Gasteiger partial charge in [0.15, 0.2) is 0 Å². The Balaban J connectivity index is 1.54. The zero-order valence-corrected chi connectivity index (χ0v) is 13.3. The summed E-state index contributed by atoms with van der Waals surface area (Å²) in [6.07, 6.45) is 7.43. The van der Waals surface area contributed by atoms with Crippen LogP contribution in [0, 0.1) is 0 Å². The first-order chi connectivity index (χ1) is 10.7. The lowest BCUT2D eigenvalue weighted by Gasteiger charge is -2.32. The topological polar surface area (TPSA) is 47.6 Å². The van der Waals surface area contributed by atoms with Crippen molar-refractivity contribution in [3.63, 3.8) is 0 Å². The lowest BCUT2D eigenvalue weighted by atomic mass is 9.82. The van der Waals surface area contributed by atoms with Gasteiger partial charge in [-0.3, -0.25) is 4.79 Å². The summed E-state index contributed by atoms with van der Waals surface area (Å²) in [5, 5.41) is 3.13. The fourth-order valence-electron chi connectivity index (χ4n) is 3.78. The highest BCUT2D eigenvalue weighted by atomic mass is 16.5. The Labute approximate surface area is 132 Å². The van der Waals surface area contributed by atoms with Crippen LogP contribution in [0.2, 0.25) is 0 Å². The Kier molecular flexibility index (Phi) is 4.67. The second-order valence-corrected chi connectivity index (χ2v) is 6.51. The van der Waals surface area contributed by atoms with Crippen molar-refractivity contribution >= 4 is 5.91 Å². The molecule has 4 nitrogen and oxygen atoms in total. The van der Waals surface area contributed by atoms with Crippen molar-refractivity contribution in [1.82, 2.24) is 5.32 Å². The van der Waals surface area contributed by atoms with Crippen molar-refractivity contribution in [2.45, 2.75) is 56.6 Å². The molecule has 1 unspecified atom stereocenters. The van der Waals surface area contributed by atoms with Crippen LogP contribution in [-0.4, -0.2) is 31.3 Å². The summed E-state index contributed by atoms with van der Waals surface area (Å²) in [5.41, 5.74) is 0.967. The lowest BCUT2D eigenvalue weighted by Crippen LogP contribution is -2.38. The zero-order valence-electron chi connectivity index (χ0n) is 13.3. The van der Waals surface area contributed by atoms with Gasteiger partial charge in [-0.15, -0.1) is 0 Å². The molecule has 1 aliphatic heterocycles. The molecule has 1 aliphatic carbocycles. The molecule has 4 heteroatoms. The Morgan fingerprint density at radius 1 is 1.32 bits per heavy atom. The summed E-state index contributed by atoms with van der Waals surface area (Å²) < 4.78 is 11.4. The number of para-hydroxylation sites is 1. The average molecular weight is 303 g/mol. The maximum Gasteiger partial charge on any atom is 0.224 e. The molecular formula is C18H25NO3. The van der Waals surface area contributed by atoms with Gasteiger partial charge in [0.25, 0.3) is 0 Å². The molecule has 3 rings (SSSR count). The second-order valence-electron chi connectivity index (χ2n) is 6.51. The van der Waals surface area contributed by atoms with Gasteiger partial charge in [0.2, 0.25) is 5.91 Å². The van der Waals surface area contributed by atoms with E-state index in [1.165, 1.54) is 19.3 Å². The van der Waals surface area contributed by atoms with Gasteiger partial charge in [-0.05, 0) is 25.3 Å². The largest absolute Gasteiger partial charge is 0.496 e. The SMILES string of the molecule is COc1ccccc1CC(=O)NC1COC2(CCCCC2)C1. The molecule has 1 N–H and O–H groups in total. The van der Waals surface area contributed by atoms with E-state index in [0.29, 0.717) is 13.0 Å². The number of amides is 1. The second kappa shape index (κ2) is 6.69. The van der Waals surface area contributed by atoms with Crippen molar-refractivity contribution in [2.75, 3.05) is 13.7 Å². The molecule has 2 fully saturated rings. The molecule has 1 heterocycles. The first kappa shape index (κ1) is 15.3. The predicted molar refractivity (Wildman–Crippen MR) is 85.0 cm³/mol. The summed E-state index contributed by atoms with van der Waals surface area (Å²) in [6.45, 7) is 0.650. The molecule has 2 aliphatic rings. The zero-order chi connectivity index (χ0) is 15.4. The number of nitrogens with one attached hydrogen (secondary N) is 1. The molecule has 120 valence electrons. The summed E-state index contributed by atoms with van der Waals surface area (Å²) in [7, 11) is 1.63. The van der Waals surface area contributed by atoms with Crippen molar-refractivity contribution in [3.05, 3.63) is 29.8 Å². The van der Waals surface area contributed by atoms with Gasteiger partial charge in [-0.25, -0.2) is 0 Å². The predicted octanol–water partition coefficient (Wildman–Crippen LogP) is 2.85. The van der Waals surface area contributed by atoms with Gasteiger partial charge in [-0.1, -0.05) is 37.5 Å². The lowest BCUT2D eigenvalue weighted by molar-refractivity contribution is -0.121. The number of rotatable bonds is 4. The number of carbonyl (C=O) groups excluding carboxylic acids is 1. The minimum atomic E-state index is 0.0423. The van der Waals surface area contributed by atoms with Crippen LogP contribution in [0.4, 0.5) is 0 Å². The molecule has 1 atom stereocenters. The molecule has 1 aromatic rings. The van der Waals surface area contributed by atoms with Crippen molar-refractivity contribution < 1.29 is 14.3 Å². The normalized spacial score (nSPS) is 23.4. The van der Waals surface area contributed by atoms with E-state index in [-0.39, 0.29) is 17.6 Å². The van der Waals surface area contributed by atoms with E-state index in [1.807, 2.05) is 24.3 Å². The van der Waals surface area contributed by atoms with Gasteiger partial charge in [0.05, 0.1) is 31.8 Å². The molecular weight excluding hydrogens is 278 g/mol. The molecule has 1 saturated heterocycles. The Bertz CT molecular complexity index is 523. The molecule has 0 aromatic heterocycles. The monoisotopic (exact) mass is 303 g/mol. The van der Waals surface area contributed by atoms with Crippen molar-refractivity contribution in [3.8, 4) is 5.75 Å². The van der Waals surface area contributed by atoms with Gasteiger partial charge in [-0.2, -0.15) is 0 Å². The first-order valence-corrected chi connectivity index (χ1v) is 8.26. The molecule has 22 heavy (non-hydrogen) atoms. The van der Waals surface area contributed by atoms with Crippen molar-refractivity contribution in [1.29, 1.82) is 0 Å². The molecule has 0 bridgehead atoms. The van der Waals surface area contributed by atoms with Crippen LogP contribution < -0.4 is 10.1 Å². The van der Waals surface area contributed by atoms with E-state index < -0.39 is 0 Å². The minimum absolute atomic E-state index is 0.0423. The van der Waals surface area contributed by atoms with E-state index in [1.54, 1.807) is 7.11 Å². The van der Waals surface area contributed by atoms with Gasteiger partial charge < -0.3 is 14.8 Å². The summed E-state index contributed by atoms with van der Waals surface area (Å²) >= 11 is 0. The van der Waals surface area contributed by atoms with Crippen LogP contribution in [0.5, 0.6) is 5.75 Å². The number of ether oxygens (including phenoxy) is 2. The molecule has 1 amide bonds. The number of hydrogen-bond donors (Lipinski definition) is 1. The van der Waals surface area contributed by atoms with Crippen LogP contribution in [-0.2, 0) is 16.0 Å². The third kappa shape index (κ3) is 3.43. The quantitative estimate of drug-likeness (QED) is 0.930. The van der Waals surface area contributed by atoms with Crippen LogP contribution in [0.1, 0.15) is 44.1 Å². The van der Waals surface area contributed by atoms with Crippen molar-refractivity contribution in [2.24, 2.45) is 0 Å². The molecule has 0 radical (unpaired) electrons. The van der Waals surface area contributed by atoms with E-state index in [9.17, 15) is 4.79 Å². The first-order valence-electron chi connectivity index (χ1n) is 8.26. The maximum absolute atomic E-state index is 12.3. The maximum atomic E-state index is 12.3. The fraction of sp³-hybridized carbons (Fsp3) is 0.611. The van der Waals surface area contributed by atoms with Crippen LogP contribution in [0.15, 0.2) is 24.3 Å². The summed E-state index contributed by atoms with van der Waals surface area (Å²) in [5.74, 6) is 0.815. The van der Waals surface area contributed by atoms with Gasteiger partial charge in [0.1, 0.15) is 5.75 Å². The third-order valence-corrected chi connectivity index (χ3v) is 4.88. The highest BCUT2D eigenvalue weighted by Crippen LogP contribution is 2.39. The molecule has 1 saturated carbocycles. The van der Waals surface area contributed by atoms with Crippen LogP contribution in [0.3, 0.4) is 0 Å². The standard InChI is InChI=1S/C18H25NO3/c1-21-16-8-4-3-7-14(16)11-17(20)19-15-12-18(22-13-15)9-5-2-6-10-18/h3-4,7-8,15H,2,5-6,9-13H2,1H3,(H,19,20). The fourth-order valence-corrected chi connectivity index (χ4v) is 3.78. The smallest absolute Gasteiger partial charge is 0.224 e. The van der Waals surface area contributed by atoms with E-state index in [2.05, 4.69) is 5.32 Å². The Hall–Kier alpha value is -1.55. The number of carbonyl (C=O) groups is 1. The minimum Gasteiger partial charge on any atom is -0.496 e. The molecule has 1 aromatic carbocycles. The van der Waals surface area contributed by atoms with E-state index in [0.717, 1.165) is 30.6 Å². The summed E-state index contributed by atoms with van der Waals surface area (Å²) in [6, 6.07) is 7.82. The van der Waals surface area contributed by atoms with Crippen LogP contribution >= 0.6 is 0 Å². The average Bonchev–Trinajstić information content (AvgIpc) is 2.90. The highest BCUT2D eigenvalue weighted by molar-refractivity contribution is 5.79. The third-order valence-electron chi connectivity index (χ3n) is 4.88. The van der Waals surface area contributed by atoms with E-state index >= 15 is 0 Å². The Morgan fingerprint density at radius 3 is 2.86 bits per heavy atom. The van der Waals surface area contributed by atoms with Gasteiger partial charge >= 0.3 is 0 Å². The Morgan fingerprint density at radius 2 is 2.09 bits per heavy atom. The van der Waals surface area contributed by atoms with Crippen LogP contribution in [0.25, 0.3) is 0 Å². The number of hydrogen-bond acceptors (Lipinski definition) is 3. The number of benzene rings is 1. The number of methoxy groups -OCH3 is 1.